The molecule has 2 aromatic carbocycles. The van der Waals surface area contributed by atoms with Crippen molar-refractivity contribution in [2.75, 3.05) is 23.4 Å². The highest BCUT2D eigenvalue weighted by atomic mass is 79.9. The Labute approximate surface area is 236 Å². The number of benzene rings is 2. The van der Waals surface area contributed by atoms with Gasteiger partial charge < -0.3 is 19.8 Å². The molecule has 3 N–H and O–H groups in total. The third-order valence-corrected chi connectivity index (χ3v) is 7.02. The fourth-order valence-electron chi connectivity index (χ4n) is 4.02. The standard InChI is InChI=1S/C26H24BrF3N4O5S/c1-25(2,16-8-19(38-3)11-20(9-16)39-26(28,29)30)15-6-17(27)10-18(7-15)32-24(35)22-5-14-13-31-23(12-21(14)33-22)34-40(4,36)37/h5-13,33H,1-4H3,(H,31,34)(H,32,35). The number of alkyl halides is 3. The Morgan fingerprint density at radius 3 is 2.33 bits per heavy atom. The van der Waals surface area contributed by atoms with Crippen molar-refractivity contribution in [3.63, 3.8) is 0 Å². The first-order valence-corrected chi connectivity index (χ1v) is 14.3. The van der Waals surface area contributed by atoms with Crippen LogP contribution in [0.1, 0.15) is 35.5 Å². The smallest absolute Gasteiger partial charge is 0.497 e. The molecule has 0 aliphatic carbocycles. The second-order valence-electron chi connectivity index (χ2n) is 9.47. The van der Waals surface area contributed by atoms with Gasteiger partial charge in [0.05, 0.1) is 18.9 Å². The summed E-state index contributed by atoms with van der Waals surface area (Å²) in [6.07, 6.45) is -2.43. The number of fused-ring (bicyclic) bond motifs is 1. The highest BCUT2D eigenvalue weighted by molar-refractivity contribution is 9.10. The molecule has 2 heterocycles. The zero-order valence-electron chi connectivity index (χ0n) is 21.6. The summed E-state index contributed by atoms with van der Waals surface area (Å²) in [6, 6.07) is 12.3. The second-order valence-corrected chi connectivity index (χ2v) is 12.1. The maximum absolute atomic E-state index is 13.1. The van der Waals surface area contributed by atoms with E-state index in [0.29, 0.717) is 32.2 Å². The van der Waals surface area contributed by atoms with Gasteiger partial charge in [0.15, 0.2) is 0 Å². The zero-order valence-corrected chi connectivity index (χ0v) is 24.0. The molecule has 0 aliphatic heterocycles. The number of methoxy groups -OCH3 is 1. The molecule has 2 aromatic heterocycles. The van der Waals surface area contributed by atoms with Crippen molar-refractivity contribution in [3.8, 4) is 11.5 Å². The van der Waals surface area contributed by atoms with Gasteiger partial charge in [0.1, 0.15) is 23.0 Å². The monoisotopic (exact) mass is 640 g/mol. The Bertz CT molecular complexity index is 1700. The van der Waals surface area contributed by atoms with Gasteiger partial charge in [-0.25, -0.2) is 13.4 Å². The van der Waals surface area contributed by atoms with Crippen LogP contribution in [0.25, 0.3) is 10.9 Å². The fourth-order valence-corrected chi connectivity index (χ4v) is 5.01. The number of hydrogen-bond acceptors (Lipinski definition) is 6. The highest BCUT2D eigenvalue weighted by Crippen LogP contribution is 2.39. The number of hydrogen-bond donors (Lipinski definition) is 3. The number of nitrogens with zero attached hydrogens (tertiary/aromatic N) is 1. The normalized spacial score (nSPS) is 12.3. The lowest BCUT2D eigenvalue weighted by molar-refractivity contribution is -0.274. The average Bonchev–Trinajstić information content (AvgIpc) is 3.25. The van der Waals surface area contributed by atoms with Gasteiger partial charge in [0, 0.05) is 39.3 Å². The van der Waals surface area contributed by atoms with Crippen molar-refractivity contribution >= 4 is 54.3 Å². The van der Waals surface area contributed by atoms with E-state index in [0.717, 1.165) is 12.3 Å². The lowest BCUT2D eigenvalue weighted by atomic mass is 9.78. The number of sulfonamides is 1. The van der Waals surface area contributed by atoms with Crippen LogP contribution in [0.5, 0.6) is 11.5 Å². The van der Waals surface area contributed by atoms with Crippen molar-refractivity contribution in [1.82, 2.24) is 9.97 Å². The third kappa shape index (κ3) is 7.04. The van der Waals surface area contributed by atoms with Crippen LogP contribution >= 0.6 is 15.9 Å². The Kier molecular flexibility index (Phi) is 7.78. The molecule has 4 aromatic rings. The number of carbonyl (C=O) groups is 1. The van der Waals surface area contributed by atoms with Gasteiger partial charge in [-0.2, -0.15) is 0 Å². The number of aromatic amines is 1. The van der Waals surface area contributed by atoms with E-state index in [1.54, 1.807) is 30.3 Å². The van der Waals surface area contributed by atoms with Crippen molar-refractivity contribution in [1.29, 1.82) is 0 Å². The first-order valence-electron chi connectivity index (χ1n) is 11.6. The molecular weight excluding hydrogens is 617 g/mol. The third-order valence-electron chi connectivity index (χ3n) is 5.99. The predicted molar refractivity (Wildman–Crippen MR) is 148 cm³/mol. The number of rotatable bonds is 8. The van der Waals surface area contributed by atoms with Crippen LogP contribution in [0, 0.1) is 0 Å². The minimum absolute atomic E-state index is 0.101. The number of pyridine rings is 1. The summed E-state index contributed by atoms with van der Waals surface area (Å²) in [7, 11) is -2.18. The van der Waals surface area contributed by atoms with Gasteiger partial charge in [-0.3, -0.25) is 9.52 Å². The van der Waals surface area contributed by atoms with E-state index in [1.165, 1.54) is 25.4 Å². The maximum atomic E-state index is 13.1. The summed E-state index contributed by atoms with van der Waals surface area (Å²) in [5.41, 5.74) is 1.46. The molecule has 0 aliphatic rings. The van der Waals surface area contributed by atoms with Gasteiger partial charge >= 0.3 is 6.36 Å². The van der Waals surface area contributed by atoms with Crippen LogP contribution in [-0.2, 0) is 15.4 Å². The van der Waals surface area contributed by atoms with E-state index in [-0.39, 0.29) is 17.3 Å². The number of amides is 1. The van der Waals surface area contributed by atoms with E-state index in [9.17, 15) is 26.4 Å². The second kappa shape index (κ2) is 10.7. The summed E-state index contributed by atoms with van der Waals surface area (Å²) in [5.74, 6) is -0.597. The summed E-state index contributed by atoms with van der Waals surface area (Å²) < 4.78 is 73.9. The van der Waals surface area contributed by atoms with Crippen LogP contribution in [0.3, 0.4) is 0 Å². The minimum Gasteiger partial charge on any atom is -0.497 e. The lowest BCUT2D eigenvalue weighted by Crippen LogP contribution is -2.21. The first kappa shape index (κ1) is 29.2. The molecule has 0 bridgehead atoms. The summed E-state index contributed by atoms with van der Waals surface area (Å²) in [4.78, 5) is 20.1. The van der Waals surface area contributed by atoms with Crippen LogP contribution in [0.2, 0.25) is 0 Å². The molecule has 212 valence electrons. The summed E-state index contributed by atoms with van der Waals surface area (Å²) >= 11 is 3.44. The van der Waals surface area contributed by atoms with Gasteiger partial charge in [-0.05, 0) is 47.5 Å². The van der Waals surface area contributed by atoms with E-state index >= 15 is 0 Å². The molecule has 14 heteroatoms. The summed E-state index contributed by atoms with van der Waals surface area (Å²) in [6.45, 7) is 3.64. The van der Waals surface area contributed by atoms with Crippen LogP contribution in [0.15, 0.2) is 59.2 Å². The van der Waals surface area contributed by atoms with Crippen LogP contribution in [-0.4, -0.2) is 44.0 Å². The molecule has 40 heavy (non-hydrogen) atoms. The van der Waals surface area contributed by atoms with Crippen molar-refractivity contribution in [2.45, 2.75) is 25.6 Å². The minimum atomic E-state index is -4.87. The lowest BCUT2D eigenvalue weighted by Gasteiger charge is -2.28. The largest absolute Gasteiger partial charge is 0.573 e. The van der Waals surface area contributed by atoms with Crippen molar-refractivity contribution in [2.24, 2.45) is 0 Å². The molecule has 0 saturated heterocycles. The topological polar surface area (TPSA) is 122 Å². The zero-order chi connectivity index (χ0) is 29.5. The molecule has 9 nitrogen and oxygen atoms in total. The Balaban J connectivity index is 1.63. The van der Waals surface area contributed by atoms with Gasteiger partial charge in [0.2, 0.25) is 10.0 Å². The van der Waals surface area contributed by atoms with E-state index < -0.39 is 33.5 Å². The van der Waals surface area contributed by atoms with E-state index in [1.807, 2.05) is 13.8 Å². The molecular formula is C26H24BrF3N4O5S. The molecule has 0 atom stereocenters. The first-order chi connectivity index (χ1) is 18.5. The molecule has 0 fully saturated rings. The van der Waals surface area contributed by atoms with Crippen LogP contribution in [0.4, 0.5) is 24.7 Å². The molecule has 4 rings (SSSR count). The van der Waals surface area contributed by atoms with Crippen LogP contribution < -0.4 is 19.5 Å². The van der Waals surface area contributed by atoms with Gasteiger partial charge in [-0.15, -0.1) is 13.2 Å². The Hall–Kier alpha value is -3.78. The van der Waals surface area contributed by atoms with E-state index in [2.05, 4.69) is 40.7 Å². The maximum Gasteiger partial charge on any atom is 0.573 e. The molecule has 1 amide bonds. The van der Waals surface area contributed by atoms with Crippen molar-refractivity contribution in [3.05, 3.63) is 76.0 Å². The number of H-pyrrole nitrogens is 1. The number of nitrogens with one attached hydrogen (secondary N) is 3. The van der Waals surface area contributed by atoms with E-state index in [4.69, 9.17) is 4.74 Å². The van der Waals surface area contributed by atoms with Crippen molar-refractivity contribution < 1.29 is 35.9 Å². The van der Waals surface area contributed by atoms with Gasteiger partial charge in [-0.1, -0.05) is 29.8 Å². The predicted octanol–water partition coefficient (Wildman–Crippen LogP) is 6.18. The summed E-state index contributed by atoms with van der Waals surface area (Å²) in [5, 5.41) is 3.40. The number of anilines is 2. The molecule has 0 spiro atoms. The van der Waals surface area contributed by atoms with Gasteiger partial charge in [0.25, 0.3) is 5.91 Å². The highest BCUT2D eigenvalue weighted by Gasteiger charge is 2.33. The molecule has 0 unspecified atom stereocenters. The Morgan fingerprint density at radius 1 is 1.00 bits per heavy atom. The Morgan fingerprint density at radius 2 is 1.68 bits per heavy atom. The fraction of sp³-hybridized carbons (Fsp3) is 0.231. The average molecular weight is 641 g/mol. The molecule has 0 saturated carbocycles. The molecule has 0 radical (unpaired) electrons. The number of aromatic nitrogens is 2. The SMILES string of the molecule is COc1cc(OC(F)(F)F)cc(C(C)(C)c2cc(Br)cc(NC(=O)c3cc4cnc(NS(C)(=O)=O)cc4[nH]3)c2)c1. The number of ether oxygens (including phenoxy) is 2. The quantitative estimate of drug-likeness (QED) is 0.211. The number of carbonyl (C=O) groups excluding carboxylic acids is 1. The number of halogens is 4.